The van der Waals surface area contributed by atoms with Gasteiger partial charge in [-0.25, -0.2) is 4.79 Å². The number of methoxy groups -OCH3 is 1. The van der Waals surface area contributed by atoms with Gasteiger partial charge in [0.15, 0.2) is 0 Å². The molecule has 23 heavy (non-hydrogen) atoms. The van der Waals surface area contributed by atoms with Crippen molar-refractivity contribution in [3.8, 4) is 0 Å². The first-order valence-corrected chi connectivity index (χ1v) is 7.96. The first kappa shape index (κ1) is 15.7. The van der Waals surface area contributed by atoms with Crippen molar-refractivity contribution in [3.63, 3.8) is 0 Å². The summed E-state index contributed by atoms with van der Waals surface area (Å²) in [6.07, 6.45) is 6.36. The fraction of sp³-hybridized carbons (Fsp3) is 0.444. The minimum atomic E-state index is -1.12. The monoisotopic (exact) mass is 314 g/mol. The second-order valence-electron chi connectivity index (χ2n) is 6.32. The van der Waals surface area contributed by atoms with Gasteiger partial charge in [-0.3, -0.25) is 4.79 Å². The van der Waals surface area contributed by atoms with Crippen LogP contribution in [0.25, 0.3) is 0 Å². The predicted molar refractivity (Wildman–Crippen MR) is 86.5 cm³/mol. The fourth-order valence-electron chi connectivity index (χ4n) is 3.60. The number of ether oxygens (including phenoxy) is 1. The van der Waals surface area contributed by atoms with Gasteiger partial charge in [0.2, 0.25) is 5.91 Å². The molecule has 2 N–H and O–H groups in total. The summed E-state index contributed by atoms with van der Waals surface area (Å²) in [5.41, 5.74) is 6.35. The number of esters is 1. The molecular weight excluding hydrogens is 292 g/mol. The van der Waals surface area contributed by atoms with Gasteiger partial charge in [0.1, 0.15) is 11.6 Å². The Kier molecular flexibility index (Phi) is 4.22. The Morgan fingerprint density at radius 1 is 1.35 bits per heavy atom. The Balaban J connectivity index is 1.90. The number of carbonyl (C=O) groups is 2. The smallest absolute Gasteiger partial charge is 0.328 e. The number of hydrogen-bond acceptors (Lipinski definition) is 4. The van der Waals surface area contributed by atoms with Crippen molar-refractivity contribution in [2.45, 2.75) is 43.3 Å². The third-order valence-electron chi connectivity index (χ3n) is 4.77. The molecule has 3 rings (SSSR count). The average Bonchev–Trinajstić information content (AvgIpc) is 2.93. The fourth-order valence-corrected chi connectivity index (χ4v) is 3.60. The van der Waals surface area contributed by atoms with E-state index in [0.717, 1.165) is 18.4 Å². The van der Waals surface area contributed by atoms with E-state index in [2.05, 4.69) is 0 Å². The van der Waals surface area contributed by atoms with Crippen LogP contribution >= 0.6 is 0 Å². The van der Waals surface area contributed by atoms with Gasteiger partial charge >= 0.3 is 5.97 Å². The lowest BCUT2D eigenvalue weighted by molar-refractivity contribution is -0.153. The minimum Gasteiger partial charge on any atom is -0.467 e. The topological polar surface area (TPSA) is 72.6 Å². The minimum absolute atomic E-state index is 0.0315. The molecule has 2 aliphatic rings. The van der Waals surface area contributed by atoms with Crippen LogP contribution in [0.15, 0.2) is 42.5 Å². The Morgan fingerprint density at radius 3 is 2.78 bits per heavy atom. The van der Waals surface area contributed by atoms with Gasteiger partial charge in [0.25, 0.3) is 0 Å². The van der Waals surface area contributed by atoms with Gasteiger partial charge in [-0.15, -0.1) is 0 Å². The lowest BCUT2D eigenvalue weighted by Gasteiger charge is -2.34. The van der Waals surface area contributed by atoms with E-state index in [0.29, 0.717) is 12.8 Å². The van der Waals surface area contributed by atoms with Crippen LogP contribution in [0.3, 0.4) is 0 Å². The number of benzene rings is 1. The van der Waals surface area contributed by atoms with Crippen molar-refractivity contribution in [1.82, 2.24) is 4.90 Å². The van der Waals surface area contributed by atoms with E-state index in [1.54, 1.807) is 11.0 Å². The lowest BCUT2D eigenvalue weighted by atomic mass is 9.90. The lowest BCUT2D eigenvalue weighted by Crippen LogP contribution is -2.58. The number of hydrogen-bond donors (Lipinski definition) is 1. The number of carbonyl (C=O) groups excluding carboxylic acids is 2. The zero-order valence-electron chi connectivity index (χ0n) is 13.3. The zero-order chi connectivity index (χ0) is 16.4. The molecule has 0 aromatic heterocycles. The maximum atomic E-state index is 13.1. The number of nitrogens with two attached hydrogens (primary N) is 1. The van der Waals surface area contributed by atoms with Crippen LogP contribution in [-0.2, 0) is 20.7 Å². The Hall–Kier alpha value is -2.14. The van der Waals surface area contributed by atoms with E-state index >= 15 is 0 Å². The highest BCUT2D eigenvalue weighted by Crippen LogP contribution is 2.33. The standard InChI is InChI=1S/C18H22N2O3/c1-23-16(21)15-10-9-14-8-5-11-18(19,17(22)20(14)15)12-13-6-3-2-4-7-13/h2-7,11,14-15H,8-10,12,19H2,1H3/t14-,15-,18+/m0/s1. The van der Waals surface area contributed by atoms with E-state index in [9.17, 15) is 9.59 Å². The van der Waals surface area contributed by atoms with Crippen LogP contribution in [0.2, 0.25) is 0 Å². The number of amides is 1. The van der Waals surface area contributed by atoms with Crippen LogP contribution in [0.1, 0.15) is 24.8 Å². The van der Waals surface area contributed by atoms with Crippen LogP contribution in [0, 0.1) is 0 Å². The van der Waals surface area contributed by atoms with Crippen molar-refractivity contribution in [2.75, 3.05) is 7.11 Å². The van der Waals surface area contributed by atoms with Crippen LogP contribution < -0.4 is 5.73 Å². The molecule has 0 spiro atoms. The summed E-state index contributed by atoms with van der Waals surface area (Å²) in [7, 11) is 1.36. The first-order chi connectivity index (χ1) is 11.0. The van der Waals surface area contributed by atoms with E-state index in [4.69, 9.17) is 10.5 Å². The molecule has 1 fully saturated rings. The molecule has 0 radical (unpaired) electrons. The maximum Gasteiger partial charge on any atom is 0.328 e. The van der Waals surface area contributed by atoms with Crippen molar-refractivity contribution in [2.24, 2.45) is 5.73 Å². The summed E-state index contributed by atoms with van der Waals surface area (Å²) in [6, 6.07) is 9.22. The molecule has 2 aliphatic heterocycles. The Bertz CT molecular complexity index is 628. The Labute approximate surface area is 136 Å². The molecule has 1 aromatic rings. The first-order valence-electron chi connectivity index (χ1n) is 7.96. The summed E-state index contributed by atoms with van der Waals surface area (Å²) >= 11 is 0. The van der Waals surface area contributed by atoms with Gasteiger partial charge < -0.3 is 15.4 Å². The highest BCUT2D eigenvalue weighted by molar-refractivity contribution is 5.93. The van der Waals surface area contributed by atoms with Crippen molar-refractivity contribution >= 4 is 11.9 Å². The van der Waals surface area contributed by atoms with Crippen molar-refractivity contribution in [3.05, 3.63) is 48.0 Å². The molecule has 0 aliphatic carbocycles. The van der Waals surface area contributed by atoms with Crippen molar-refractivity contribution in [1.29, 1.82) is 0 Å². The number of nitrogens with zero attached hydrogens (tertiary/aromatic N) is 1. The quantitative estimate of drug-likeness (QED) is 0.676. The van der Waals surface area contributed by atoms with Gasteiger partial charge in [0.05, 0.1) is 7.11 Å². The van der Waals surface area contributed by atoms with E-state index in [1.807, 2.05) is 36.4 Å². The van der Waals surface area contributed by atoms with Gasteiger partial charge in [-0.05, 0) is 24.8 Å². The molecule has 3 atom stereocenters. The third kappa shape index (κ3) is 2.88. The molecular formula is C18H22N2O3. The van der Waals surface area contributed by atoms with E-state index in [-0.39, 0.29) is 17.9 Å². The van der Waals surface area contributed by atoms with Crippen LogP contribution in [-0.4, -0.2) is 41.5 Å². The van der Waals surface area contributed by atoms with E-state index < -0.39 is 11.6 Å². The molecule has 0 bridgehead atoms. The average molecular weight is 314 g/mol. The number of fused-ring (bicyclic) bond motifs is 1. The van der Waals surface area contributed by atoms with Crippen LogP contribution in [0.5, 0.6) is 0 Å². The largest absolute Gasteiger partial charge is 0.467 e. The maximum absolute atomic E-state index is 13.1. The molecule has 1 saturated heterocycles. The molecule has 0 saturated carbocycles. The Morgan fingerprint density at radius 2 is 2.09 bits per heavy atom. The summed E-state index contributed by atoms with van der Waals surface area (Å²) in [4.78, 5) is 26.8. The molecule has 2 heterocycles. The van der Waals surface area contributed by atoms with Gasteiger partial charge in [-0.2, -0.15) is 0 Å². The number of rotatable bonds is 3. The predicted octanol–water partition coefficient (Wildman–Crippen LogP) is 1.42. The second kappa shape index (κ2) is 6.16. The summed E-state index contributed by atoms with van der Waals surface area (Å²) < 4.78 is 4.86. The molecule has 122 valence electrons. The van der Waals surface area contributed by atoms with Gasteiger partial charge in [0, 0.05) is 12.5 Å². The normalized spacial score (nSPS) is 30.0. The van der Waals surface area contributed by atoms with Gasteiger partial charge in [-0.1, -0.05) is 42.5 Å². The third-order valence-corrected chi connectivity index (χ3v) is 4.77. The zero-order valence-corrected chi connectivity index (χ0v) is 13.3. The van der Waals surface area contributed by atoms with Crippen molar-refractivity contribution < 1.29 is 14.3 Å². The summed E-state index contributed by atoms with van der Waals surface area (Å²) in [5.74, 6) is -0.544. The molecule has 0 unspecified atom stereocenters. The SMILES string of the molecule is COC(=O)[C@@H]1CC[C@@H]2CC=C[C@@](N)(Cc3ccccc3)C(=O)N21. The summed E-state index contributed by atoms with van der Waals surface area (Å²) in [6.45, 7) is 0. The summed E-state index contributed by atoms with van der Waals surface area (Å²) in [5, 5.41) is 0. The van der Waals surface area contributed by atoms with Crippen LogP contribution in [0.4, 0.5) is 0 Å². The highest BCUT2D eigenvalue weighted by atomic mass is 16.5. The molecule has 5 nitrogen and oxygen atoms in total. The molecule has 5 heteroatoms. The van der Waals surface area contributed by atoms with E-state index in [1.165, 1.54) is 7.11 Å². The molecule has 1 amide bonds. The highest BCUT2D eigenvalue weighted by Gasteiger charge is 2.48. The molecule has 1 aromatic carbocycles. The second-order valence-corrected chi connectivity index (χ2v) is 6.32.